The Kier molecular flexibility index (Phi) is 5.63. The molecule has 2 N–H and O–H groups in total. The number of aromatic nitrogens is 2. The summed E-state index contributed by atoms with van der Waals surface area (Å²) in [5.74, 6) is 1.69. The number of phenolic OH excluding ortho intramolecular Hbond substituents is 1. The fourth-order valence-corrected chi connectivity index (χ4v) is 6.54. The molecular weight excluding hydrogens is 422 g/mol. The number of rotatable bonds is 4. The molecule has 3 heterocycles. The number of hydrogen-bond donors (Lipinski definition) is 2. The van der Waals surface area contributed by atoms with Gasteiger partial charge in [0.25, 0.3) is 5.56 Å². The van der Waals surface area contributed by atoms with Gasteiger partial charge in [0.05, 0.1) is 11.4 Å². The second-order valence-corrected chi connectivity index (χ2v) is 10.5. The maximum Gasteiger partial charge on any atom is 0.259 e. The van der Waals surface area contributed by atoms with Crippen LogP contribution in [0.4, 0.5) is 0 Å². The van der Waals surface area contributed by atoms with Crippen molar-refractivity contribution in [3.8, 4) is 5.75 Å². The molecular formula is C25H29N3O3S. The van der Waals surface area contributed by atoms with Crippen LogP contribution in [0.2, 0.25) is 0 Å². The summed E-state index contributed by atoms with van der Waals surface area (Å²) in [6.45, 7) is 5.93. The number of aromatic hydroxyl groups is 1. The van der Waals surface area contributed by atoms with Crippen molar-refractivity contribution in [2.24, 2.45) is 11.8 Å². The van der Waals surface area contributed by atoms with Crippen LogP contribution >= 0.6 is 11.3 Å². The second-order valence-electron chi connectivity index (χ2n) is 9.38. The van der Waals surface area contributed by atoms with Gasteiger partial charge in [-0.3, -0.25) is 14.5 Å². The molecule has 1 fully saturated rings. The van der Waals surface area contributed by atoms with Gasteiger partial charge in [-0.05, 0) is 87.9 Å². The summed E-state index contributed by atoms with van der Waals surface area (Å²) in [4.78, 5) is 38.2. The van der Waals surface area contributed by atoms with Crippen LogP contribution in [-0.2, 0) is 12.8 Å². The monoisotopic (exact) mass is 451 g/mol. The number of nitrogens with one attached hydrogen (secondary N) is 1. The highest BCUT2D eigenvalue weighted by molar-refractivity contribution is 7.18. The average Bonchev–Trinajstić information content (AvgIpc) is 3.16. The molecule has 6 nitrogen and oxygen atoms in total. The van der Waals surface area contributed by atoms with E-state index < -0.39 is 0 Å². The molecule has 7 heteroatoms. The van der Waals surface area contributed by atoms with Crippen molar-refractivity contribution in [1.82, 2.24) is 14.9 Å². The number of carbonyl (C=O) groups is 1. The molecule has 1 aliphatic heterocycles. The number of carbonyl (C=O) groups excluding carboxylic acids is 1. The van der Waals surface area contributed by atoms with Gasteiger partial charge in [-0.1, -0.05) is 6.92 Å². The fraction of sp³-hybridized carbons (Fsp3) is 0.480. The van der Waals surface area contributed by atoms with Crippen LogP contribution in [0.3, 0.4) is 0 Å². The van der Waals surface area contributed by atoms with Crippen LogP contribution in [-0.4, -0.2) is 38.8 Å². The number of thiophene rings is 1. The summed E-state index contributed by atoms with van der Waals surface area (Å²) in [5, 5.41) is 10.2. The van der Waals surface area contributed by atoms with Gasteiger partial charge in [0.2, 0.25) is 0 Å². The van der Waals surface area contributed by atoms with Gasteiger partial charge in [-0.2, -0.15) is 0 Å². The van der Waals surface area contributed by atoms with Crippen molar-refractivity contribution in [1.29, 1.82) is 0 Å². The number of hydrogen-bond acceptors (Lipinski definition) is 6. The van der Waals surface area contributed by atoms with Gasteiger partial charge in [0.15, 0.2) is 5.78 Å². The van der Waals surface area contributed by atoms with Crippen LogP contribution in [0.5, 0.6) is 5.75 Å². The van der Waals surface area contributed by atoms with Crippen LogP contribution in [0, 0.1) is 11.8 Å². The van der Waals surface area contributed by atoms with Crippen LogP contribution < -0.4 is 5.56 Å². The zero-order chi connectivity index (χ0) is 22.4. The molecule has 0 radical (unpaired) electrons. The highest BCUT2D eigenvalue weighted by atomic mass is 32.1. The lowest BCUT2D eigenvalue weighted by molar-refractivity contribution is 0.0796. The number of aryl methyl sites for hydroxylation is 1. The Morgan fingerprint density at radius 1 is 1.22 bits per heavy atom. The summed E-state index contributed by atoms with van der Waals surface area (Å²) in [7, 11) is 0. The molecule has 3 aromatic rings. The number of Topliss-reactive ketones (excluding diaryl/α,β-unsaturated/α-hetero) is 1. The topological polar surface area (TPSA) is 86.3 Å². The van der Waals surface area contributed by atoms with E-state index in [1.165, 1.54) is 10.4 Å². The summed E-state index contributed by atoms with van der Waals surface area (Å²) < 4.78 is 0. The maximum atomic E-state index is 13.0. The molecule has 1 aliphatic carbocycles. The normalized spacial score (nSPS) is 20.9. The van der Waals surface area contributed by atoms with Gasteiger partial charge >= 0.3 is 0 Å². The number of benzene rings is 1. The lowest BCUT2D eigenvalue weighted by Crippen LogP contribution is -2.38. The minimum absolute atomic E-state index is 0.00474. The Balaban J connectivity index is 1.31. The molecule has 5 rings (SSSR count). The van der Waals surface area contributed by atoms with E-state index in [1.54, 1.807) is 35.6 Å². The lowest BCUT2D eigenvalue weighted by Gasteiger charge is -2.35. The highest BCUT2D eigenvalue weighted by Crippen LogP contribution is 2.36. The van der Waals surface area contributed by atoms with Gasteiger partial charge in [-0.25, -0.2) is 4.98 Å². The summed E-state index contributed by atoms with van der Waals surface area (Å²) in [5.41, 5.74) is 1.85. The van der Waals surface area contributed by atoms with Crippen molar-refractivity contribution >= 4 is 27.3 Å². The van der Waals surface area contributed by atoms with E-state index in [1.807, 2.05) is 0 Å². The van der Waals surface area contributed by atoms with Crippen LogP contribution in [0.15, 0.2) is 29.1 Å². The first-order valence-corrected chi connectivity index (χ1v) is 12.3. The Morgan fingerprint density at radius 3 is 2.66 bits per heavy atom. The third-order valence-corrected chi connectivity index (χ3v) is 8.33. The van der Waals surface area contributed by atoms with Crippen LogP contribution in [0.25, 0.3) is 10.2 Å². The van der Waals surface area contributed by atoms with Crippen LogP contribution in [0.1, 0.15) is 65.8 Å². The highest BCUT2D eigenvalue weighted by Gasteiger charge is 2.30. The first-order valence-electron chi connectivity index (χ1n) is 11.5. The number of aromatic amines is 1. The molecule has 2 aromatic heterocycles. The lowest BCUT2D eigenvalue weighted by atomic mass is 9.88. The minimum Gasteiger partial charge on any atom is -0.508 e. The Labute approximate surface area is 191 Å². The quantitative estimate of drug-likeness (QED) is 0.572. The van der Waals surface area contributed by atoms with E-state index in [-0.39, 0.29) is 29.1 Å². The van der Waals surface area contributed by atoms with E-state index >= 15 is 0 Å². The van der Waals surface area contributed by atoms with Crippen molar-refractivity contribution < 1.29 is 9.90 Å². The Morgan fingerprint density at radius 2 is 1.94 bits per heavy atom. The first-order chi connectivity index (χ1) is 15.4. The van der Waals surface area contributed by atoms with E-state index in [2.05, 4.69) is 23.7 Å². The molecule has 2 atom stereocenters. The summed E-state index contributed by atoms with van der Waals surface area (Å²) in [6, 6.07) is 6.50. The molecule has 0 saturated carbocycles. The zero-order valence-corrected chi connectivity index (χ0v) is 19.4. The van der Waals surface area contributed by atoms with E-state index in [4.69, 9.17) is 4.98 Å². The molecule has 2 unspecified atom stereocenters. The fourth-order valence-electron chi connectivity index (χ4n) is 5.15. The number of nitrogens with zero attached hydrogens (tertiary/aromatic N) is 2. The van der Waals surface area contributed by atoms with E-state index in [0.717, 1.165) is 61.2 Å². The van der Waals surface area contributed by atoms with Crippen molar-refractivity contribution in [3.63, 3.8) is 0 Å². The molecule has 1 saturated heterocycles. The third kappa shape index (κ3) is 3.88. The molecule has 0 bridgehead atoms. The predicted molar refractivity (Wildman–Crippen MR) is 127 cm³/mol. The Bertz CT molecular complexity index is 1210. The van der Waals surface area contributed by atoms with E-state index in [0.29, 0.717) is 11.5 Å². The number of piperidine rings is 1. The predicted octanol–water partition coefficient (Wildman–Crippen LogP) is 4.47. The molecule has 0 spiro atoms. The summed E-state index contributed by atoms with van der Waals surface area (Å²) >= 11 is 1.69. The van der Waals surface area contributed by atoms with E-state index in [9.17, 15) is 14.7 Å². The molecule has 168 valence electrons. The van der Waals surface area contributed by atoms with Gasteiger partial charge < -0.3 is 10.1 Å². The number of likely N-dealkylation sites (tertiary alicyclic amines) is 1. The number of phenols is 1. The van der Waals surface area contributed by atoms with Gasteiger partial charge in [0.1, 0.15) is 16.4 Å². The molecule has 32 heavy (non-hydrogen) atoms. The average molecular weight is 452 g/mol. The standard InChI is InChI=1S/C25H29N3O3S/c1-14-3-8-19-20(13-14)32-25-21(19)24(31)26-23(27-25)15(2)28-11-9-17(10-12-28)22(30)16-4-6-18(29)7-5-16/h4-7,14-15,17,29H,3,8-13H2,1-2H3,(H,26,27,31). The molecule has 1 aromatic carbocycles. The van der Waals surface area contributed by atoms with Gasteiger partial charge in [-0.15, -0.1) is 11.3 Å². The first kappa shape index (κ1) is 21.3. The van der Waals surface area contributed by atoms with Crippen molar-refractivity contribution in [2.75, 3.05) is 13.1 Å². The largest absolute Gasteiger partial charge is 0.508 e. The molecule has 2 aliphatic rings. The zero-order valence-electron chi connectivity index (χ0n) is 18.6. The van der Waals surface area contributed by atoms with Crippen molar-refractivity contribution in [3.05, 3.63) is 56.4 Å². The summed E-state index contributed by atoms with van der Waals surface area (Å²) in [6.07, 6.45) is 4.71. The second kappa shape index (κ2) is 8.45. The SMILES string of the molecule is CC1CCc2c(sc3nc(C(C)N4CCC(C(=O)c5ccc(O)cc5)CC4)[nH]c(=O)c23)C1. The third-order valence-electron chi connectivity index (χ3n) is 7.18. The van der Waals surface area contributed by atoms with Gasteiger partial charge in [0, 0.05) is 16.4 Å². The number of H-pyrrole nitrogens is 1. The minimum atomic E-state index is -0.0127. The molecule has 0 amide bonds. The number of fused-ring (bicyclic) bond motifs is 3. The maximum absolute atomic E-state index is 13.0. The number of ketones is 1. The Hall–Kier alpha value is -2.51. The smallest absolute Gasteiger partial charge is 0.259 e. The van der Waals surface area contributed by atoms with Crippen molar-refractivity contribution in [2.45, 2.75) is 52.0 Å².